The monoisotopic (exact) mass is 444 g/mol. The Morgan fingerprint density at radius 2 is 1.67 bits per heavy atom. The van der Waals surface area contributed by atoms with Gasteiger partial charge in [0.1, 0.15) is 0 Å². The topological polar surface area (TPSA) is 106 Å². The molecule has 2 rings (SSSR count). The van der Waals surface area contributed by atoms with Crippen molar-refractivity contribution in [3.8, 4) is 5.75 Å². The van der Waals surface area contributed by atoms with E-state index in [-0.39, 0.29) is 23.1 Å². The van der Waals surface area contributed by atoms with E-state index in [2.05, 4.69) is 19.8 Å². The molecule has 0 aliphatic rings. The van der Waals surface area contributed by atoms with Gasteiger partial charge in [-0.3, -0.25) is 0 Å². The Morgan fingerprint density at radius 1 is 1.07 bits per heavy atom. The molecule has 0 fully saturated rings. The minimum Gasteiger partial charge on any atom is -0.404 e. The van der Waals surface area contributed by atoms with E-state index in [1.54, 1.807) is 39.0 Å². The Labute approximate surface area is 173 Å². The van der Waals surface area contributed by atoms with Crippen LogP contribution in [0.5, 0.6) is 5.75 Å². The molecule has 0 aliphatic carbocycles. The third-order valence-corrected chi connectivity index (χ3v) is 5.36. The van der Waals surface area contributed by atoms with Crippen LogP contribution in [0.4, 0.5) is 18.9 Å². The van der Waals surface area contributed by atoms with Crippen LogP contribution in [-0.4, -0.2) is 26.3 Å². The van der Waals surface area contributed by atoms with Crippen molar-refractivity contribution in [3.63, 3.8) is 0 Å². The van der Waals surface area contributed by atoms with Gasteiger partial charge in [-0.25, -0.2) is 18.1 Å². The molecule has 0 radical (unpaired) electrons. The summed E-state index contributed by atoms with van der Waals surface area (Å²) in [4.78, 5) is 4.09. The maximum atomic E-state index is 12.7. The molecule has 164 valence electrons. The second kappa shape index (κ2) is 8.92. The zero-order valence-electron chi connectivity index (χ0n) is 16.6. The number of aliphatic imine (C=N–C) groups is 1. The summed E-state index contributed by atoms with van der Waals surface area (Å²) in [6.45, 7) is 5.04. The highest BCUT2D eigenvalue weighted by atomic mass is 32.2. The number of para-hydroxylation sites is 2. The Balaban J connectivity index is 2.22. The van der Waals surface area contributed by atoms with Gasteiger partial charge in [-0.15, -0.1) is 13.2 Å². The minimum absolute atomic E-state index is 0.0358. The van der Waals surface area contributed by atoms with E-state index in [0.717, 1.165) is 6.07 Å². The van der Waals surface area contributed by atoms with Crippen molar-refractivity contribution in [1.82, 2.24) is 4.72 Å². The highest BCUT2D eigenvalue weighted by molar-refractivity contribution is 7.89. The molecule has 0 unspecified atom stereocenters. The number of hydrogen-bond acceptors (Lipinski definition) is 4. The van der Waals surface area contributed by atoms with Crippen molar-refractivity contribution in [2.45, 2.75) is 44.1 Å². The van der Waals surface area contributed by atoms with Crippen LogP contribution >= 0.6 is 0 Å². The van der Waals surface area contributed by atoms with Crippen LogP contribution in [0.25, 0.3) is 0 Å². The van der Waals surface area contributed by atoms with Crippen LogP contribution in [0.15, 0.2) is 58.4 Å². The summed E-state index contributed by atoms with van der Waals surface area (Å²) in [5.74, 6) is -0.676. The molecule has 30 heavy (non-hydrogen) atoms. The first-order valence-electron chi connectivity index (χ1n) is 8.80. The van der Waals surface area contributed by atoms with Crippen LogP contribution in [0.3, 0.4) is 0 Å². The van der Waals surface area contributed by atoms with Gasteiger partial charge in [0.25, 0.3) is 0 Å². The summed E-state index contributed by atoms with van der Waals surface area (Å²) >= 11 is 0. The third kappa shape index (κ3) is 7.23. The van der Waals surface area contributed by atoms with E-state index in [9.17, 15) is 21.6 Å². The first kappa shape index (κ1) is 23.5. The number of halogens is 3. The van der Waals surface area contributed by atoms with Crippen molar-refractivity contribution >= 4 is 21.7 Å². The quantitative estimate of drug-likeness (QED) is 0.466. The number of nitrogens with two attached hydrogens (primary N) is 1. The molecule has 0 atom stereocenters. The summed E-state index contributed by atoms with van der Waals surface area (Å²) in [5.41, 5.74) is 5.44. The van der Waals surface area contributed by atoms with Gasteiger partial charge in [0.15, 0.2) is 11.7 Å². The molecule has 0 amide bonds. The van der Waals surface area contributed by atoms with Gasteiger partial charge in [-0.2, -0.15) is 0 Å². The zero-order chi connectivity index (χ0) is 22.6. The van der Waals surface area contributed by atoms with Gasteiger partial charge in [0, 0.05) is 5.54 Å². The highest BCUT2D eigenvalue weighted by Gasteiger charge is 2.32. The predicted octanol–water partition coefficient (Wildman–Crippen LogP) is 3.59. The largest absolute Gasteiger partial charge is 0.573 e. The van der Waals surface area contributed by atoms with E-state index in [1.165, 1.54) is 24.3 Å². The molecule has 0 aromatic heterocycles. The number of guanidine groups is 1. The van der Waals surface area contributed by atoms with E-state index in [0.29, 0.717) is 5.56 Å². The molecule has 2 aromatic carbocycles. The fourth-order valence-corrected chi connectivity index (χ4v) is 4.14. The molecule has 11 heteroatoms. The Kier molecular flexibility index (Phi) is 6.99. The standard InChI is InChI=1S/C19H23F3N4O3S/c1-18(2,3)26-30(27,28)16-11-7-4-8-13(16)12-24-17(23)25-14-9-5-6-10-15(14)29-19(20,21)22/h4-11,26H,12H2,1-3H3,(H3,23,24,25). The van der Waals surface area contributed by atoms with Gasteiger partial charge in [0.2, 0.25) is 10.0 Å². The first-order valence-corrected chi connectivity index (χ1v) is 10.3. The number of alkyl halides is 3. The van der Waals surface area contributed by atoms with E-state index < -0.39 is 27.7 Å². The molecule has 7 nitrogen and oxygen atoms in total. The average molecular weight is 444 g/mol. The maximum Gasteiger partial charge on any atom is 0.573 e. The molecular weight excluding hydrogens is 421 g/mol. The van der Waals surface area contributed by atoms with Gasteiger partial charge in [-0.05, 0) is 44.5 Å². The molecule has 0 spiro atoms. The number of anilines is 1. The number of ether oxygens (including phenoxy) is 1. The van der Waals surface area contributed by atoms with Gasteiger partial charge >= 0.3 is 6.36 Å². The molecule has 0 saturated heterocycles. The minimum atomic E-state index is -4.86. The third-order valence-electron chi connectivity index (χ3n) is 3.50. The zero-order valence-corrected chi connectivity index (χ0v) is 17.4. The summed E-state index contributed by atoms with van der Waals surface area (Å²) in [6.07, 6.45) is -4.86. The fourth-order valence-electron chi connectivity index (χ4n) is 2.49. The van der Waals surface area contributed by atoms with Crippen LogP contribution in [0.2, 0.25) is 0 Å². The molecule has 0 heterocycles. The number of sulfonamides is 1. The second-order valence-corrected chi connectivity index (χ2v) is 8.98. The lowest BCUT2D eigenvalue weighted by molar-refractivity contribution is -0.274. The maximum absolute atomic E-state index is 12.7. The van der Waals surface area contributed by atoms with Crippen molar-refractivity contribution in [3.05, 3.63) is 54.1 Å². The lowest BCUT2D eigenvalue weighted by atomic mass is 10.1. The summed E-state index contributed by atoms with van der Waals surface area (Å²) in [6, 6.07) is 11.6. The Morgan fingerprint density at radius 3 is 2.30 bits per heavy atom. The summed E-state index contributed by atoms with van der Waals surface area (Å²) in [7, 11) is -3.81. The Hall–Kier alpha value is -2.79. The fraction of sp³-hybridized carbons (Fsp3) is 0.316. The highest BCUT2D eigenvalue weighted by Crippen LogP contribution is 2.29. The predicted molar refractivity (Wildman–Crippen MR) is 109 cm³/mol. The molecule has 4 N–H and O–H groups in total. The second-order valence-electron chi connectivity index (χ2n) is 7.33. The molecule has 2 aromatic rings. The van der Waals surface area contributed by atoms with E-state index in [1.807, 2.05) is 0 Å². The lowest BCUT2D eigenvalue weighted by Gasteiger charge is -2.21. The summed E-state index contributed by atoms with van der Waals surface area (Å²) in [5, 5.41) is 2.54. The molecule has 0 bridgehead atoms. The number of hydrogen-bond donors (Lipinski definition) is 3. The van der Waals surface area contributed by atoms with Crippen LogP contribution in [0.1, 0.15) is 26.3 Å². The van der Waals surface area contributed by atoms with Crippen molar-refractivity contribution in [2.75, 3.05) is 5.32 Å². The van der Waals surface area contributed by atoms with Gasteiger partial charge in [0.05, 0.1) is 17.1 Å². The first-order chi connectivity index (χ1) is 13.8. The van der Waals surface area contributed by atoms with Crippen LogP contribution < -0.4 is 20.5 Å². The van der Waals surface area contributed by atoms with Gasteiger partial charge in [-0.1, -0.05) is 30.3 Å². The lowest BCUT2D eigenvalue weighted by Crippen LogP contribution is -2.40. The number of nitrogens with zero attached hydrogens (tertiary/aromatic N) is 1. The van der Waals surface area contributed by atoms with E-state index >= 15 is 0 Å². The van der Waals surface area contributed by atoms with Crippen LogP contribution in [-0.2, 0) is 16.6 Å². The normalized spacial score (nSPS) is 13.2. The van der Waals surface area contributed by atoms with Gasteiger partial charge < -0.3 is 15.8 Å². The number of benzene rings is 2. The SMILES string of the molecule is CC(C)(C)NS(=O)(=O)c1ccccc1CN=C(N)Nc1ccccc1OC(F)(F)F. The van der Waals surface area contributed by atoms with Crippen molar-refractivity contribution < 1.29 is 26.3 Å². The average Bonchev–Trinajstić information content (AvgIpc) is 2.59. The molecule has 0 saturated carbocycles. The number of nitrogens with one attached hydrogen (secondary N) is 2. The Bertz CT molecular complexity index is 1020. The van der Waals surface area contributed by atoms with E-state index in [4.69, 9.17) is 5.73 Å². The number of rotatable bonds is 6. The van der Waals surface area contributed by atoms with Crippen molar-refractivity contribution in [2.24, 2.45) is 10.7 Å². The van der Waals surface area contributed by atoms with Crippen molar-refractivity contribution in [1.29, 1.82) is 0 Å². The van der Waals surface area contributed by atoms with Crippen LogP contribution in [0, 0.1) is 0 Å². The smallest absolute Gasteiger partial charge is 0.404 e. The molecule has 0 aliphatic heterocycles. The molecular formula is C19H23F3N4O3S. The summed E-state index contributed by atoms with van der Waals surface area (Å²) < 4.78 is 69.4.